The second-order valence-corrected chi connectivity index (χ2v) is 11.3. The standard InChI is InChI=1S/C33H32Br2O6/c1-36-15-17-38-21-40-27-9-3-23(4-10-27)33(24-5-11-28(12-6-24)41-22-39-18-16-37-2)31-19-25(34)7-13-29(31)30-14-8-26(35)20-32(30)33/h3-14,19-20H,15-18,21-22H2,1-2H3. The van der Waals surface area contributed by atoms with E-state index in [1.165, 1.54) is 22.3 Å². The molecule has 0 bridgehead atoms. The van der Waals surface area contributed by atoms with Gasteiger partial charge in [0, 0.05) is 23.2 Å². The number of rotatable bonds is 14. The zero-order valence-electron chi connectivity index (χ0n) is 23.0. The van der Waals surface area contributed by atoms with Crippen LogP contribution in [0.5, 0.6) is 11.5 Å². The van der Waals surface area contributed by atoms with E-state index < -0.39 is 5.41 Å². The molecule has 214 valence electrons. The Labute approximate surface area is 257 Å². The maximum atomic E-state index is 5.83. The molecule has 5 rings (SSSR count). The van der Waals surface area contributed by atoms with Crippen molar-refractivity contribution in [1.82, 2.24) is 0 Å². The van der Waals surface area contributed by atoms with Crippen LogP contribution in [0.1, 0.15) is 22.3 Å². The molecule has 0 spiro atoms. The third-order valence-electron chi connectivity index (χ3n) is 7.12. The van der Waals surface area contributed by atoms with Crippen molar-refractivity contribution >= 4 is 31.9 Å². The van der Waals surface area contributed by atoms with E-state index in [0.29, 0.717) is 26.4 Å². The molecule has 0 amide bonds. The zero-order valence-corrected chi connectivity index (χ0v) is 26.2. The van der Waals surface area contributed by atoms with Crippen LogP contribution in [0.3, 0.4) is 0 Å². The molecule has 0 heterocycles. The topological polar surface area (TPSA) is 55.4 Å². The summed E-state index contributed by atoms with van der Waals surface area (Å²) in [4.78, 5) is 0. The second-order valence-electron chi connectivity index (χ2n) is 9.51. The van der Waals surface area contributed by atoms with Crippen LogP contribution in [-0.4, -0.2) is 54.2 Å². The van der Waals surface area contributed by atoms with E-state index in [0.717, 1.165) is 31.6 Å². The summed E-state index contributed by atoms with van der Waals surface area (Å²) < 4.78 is 34.8. The lowest BCUT2D eigenvalue weighted by molar-refractivity contribution is -0.00856. The van der Waals surface area contributed by atoms with E-state index in [4.69, 9.17) is 28.4 Å². The smallest absolute Gasteiger partial charge is 0.189 e. The summed E-state index contributed by atoms with van der Waals surface area (Å²) in [5.41, 5.74) is 6.49. The van der Waals surface area contributed by atoms with Gasteiger partial charge in [0.15, 0.2) is 13.6 Å². The minimum atomic E-state index is -0.570. The Morgan fingerprint density at radius 2 is 0.951 bits per heavy atom. The fourth-order valence-electron chi connectivity index (χ4n) is 5.28. The fraction of sp³-hybridized carbons (Fsp3) is 0.273. The number of benzene rings is 4. The van der Waals surface area contributed by atoms with Crippen LogP contribution in [0.25, 0.3) is 11.1 Å². The summed E-state index contributed by atoms with van der Waals surface area (Å²) in [6.07, 6.45) is 0. The Balaban J connectivity index is 1.55. The van der Waals surface area contributed by atoms with Gasteiger partial charge in [-0.3, -0.25) is 0 Å². The van der Waals surface area contributed by atoms with Crippen molar-refractivity contribution < 1.29 is 28.4 Å². The van der Waals surface area contributed by atoms with Crippen molar-refractivity contribution in [3.8, 4) is 22.6 Å². The third kappa shape index (κ3) is 6.38. The predicted octanol–water partition coefficient (Wildman–Crippen LogP) is 7.57. The van der Waals surface area contributed by atoms with Gasteiger partial charge in [0.1, 0.15) is 11.5 Å². The normalized spacial score (nSPS) is 13.1. The number of fused-ring (bicyclic) bond motifs is 3. The molecule has 0 fully saturated rings. The number of hydrogen-bond donors (Lipinski definition) is 0. The number of hydrogen-bond acceptors (Lipinski definition) is 6. The zero-order chi connectivity index (χ0) is 28.7. The minimum absolute atomic E-state index is 0.163. The second kappa shape index (κ2) is 14.0. The summed E-state index contributed by atoms with van der Waals surface area (Å²) >= 11 is 7.48. The van der Waals surface area contributed by atoms with Crippen molar-refractivity contribution in [3.05, 3.63) is 116 Å². The highest BCUT2D eigenvalue weighted by atomic mass is 79.9. The Hall–Kier alpha value is -2.72. The molecule has 0 saturated carbocycles. The van der Waals surface area contributed by atoms with Crippen LogP contribution < -0.4 is 9.47 Å². The van der Waals surface area contributed by atoms with E-state index in [1.54, 1.807) is 14.2 Å². The highest BCUT2D eigenvalue weighted by Gasteiger charge is 2.46. The third-order valence-corrected chi connectivity index (χ3v) is 8.10. The molecule has 0 atom stereocenters. The summed E-state index contributed by atoms with van der Waals surface area (Å²) in [6, 6.07) is 29.6. The van der Waals surface area contributed by atoms with E-state index in [-0.39, 0.29) is 13.6 Å². The molecular weight excluding hydrogens is 652 g/mol. The molecule has 0 radical (unpaired) electrons. The first-order valence-electron chi connectivity index (χ1n) is 13.3. The molecule has 8 heteroatoms. The quantitative estimate of drug-likeness (QED) is 0.0889. The lowest BCUT2D eigenvalue weighted by atomic mass is 9.67. The average molecular weight is 684 g/mol. The summed E-state index contributed by atoms with van der Waals surface area (Å²) in [5.74, 6) is 1.47. The molecule has 1 aliphatic carbocycles. The van der Waals surface area contributed by atoms with E-state index >= 15 is 0 Å². The van der Waals surface area contributed by atoms with Crippen LogP contribution >= 0.6 is 31.9 Å². The lowest BCUT2D eigenvalue weighted by Gasteiger charge is -2.34. The maximum Gasteiger partial charge on any atom is 0.189 e. The molecule has 4 aromatic carbocycles. The van der Waals surface area contributed by atoms with Crippen molar-refractivity contribution in [3.63, 3.8) is 0 Å². The highest BCUT2D eigenvalue weighted by Crippen LogP contribution is 2.57. The molecular formula is C33H32Br2O6. The van der Waals surface area contributed by atoms with Crippen molar-refractivity contribution in [2.45, 2.75) is 5.41 Å². The first kappa shape index (κ1) is 29.8. The lowest BCUT2D eigenvalue weighted by Crippen LogP contribution is -2.28. The van der Waals surface area contributed by atoms with Crippen molar-refractivity contribution in [1.29, 1.82) is 0 Å². The van der Waals surface area contributed by atoms with E-state index in [9.17, 15) is 0 Å². The van der Waals surface area contributed by atoms with Crippen molar-refractivity contribution in [2.75, 3.05) is 54.2 Å². The molecule has 1 aliphatic rings. The number of halogens is 2. The predicted molar refractivity (Wildman–Crippen MR) is 166 cm³/mol. The van der Waals surface area contributed by atoms with Gasteiger partial charge in [-0.1, -0.05) is 68.3 Å². The van der Waals surface area contributed by atoms with E-state index in [2.05, 4.69) is 92.5 Å². The Bertz CT molecular complexity index is 1330. The van der Waals surface area contributed by atoms with Crippen molar-refractivity contribution in [2.24, 2.45) is 0 Å². The first-order chi connectivity index (χ1) is 20.1. The number of methoxy groups -OCH3 is 2. The molecule has 6 nitrogen and oxygen atoms in total. The molecule has 0 unspecified atom stereocenters. The van der Waals surface area contributed by atoms with Gasteiger partial charge in [0.05, 0.1) is 31.8 Å². The maximum absolute atomic E-state index is 5.83. The molecule has 41 heavy (non-hydrogen) atoms. The van der Waals surface area contributed by atoms with Gasteiger partial charge in [-0.05, 0) is 81.9 Å². The van der Waals surface area contributed by atoms with Crippen LogP contribution in [0.4, 0.5) is 0 Å². The number of ether oxygens (including phenoxy) is 6. The van der Waals surface area contributed by atoms with E-state index in [1.807, 2.05) is 24.3 Å². The largest absolute Gasteiger partial charge is 0.468 e. The van der Waals surface area contributed by atoms with Gasteiger partial charge in [-0.15, -0.1) is 0 Å². The van der Waals surface area contributed by atoms with Gasteiger partial charge < -0.3 is 28.4 Å². The summed E-state index contributed by atoms with van der Waals surface area (Å²) in [7, 11) is 3.29. The molecule has 0 saturated heterocycles. The Morgan fingerprint density at radius 3 is 1.34 bits per heavy atom. The SMILES string of the molecule is COCCOCOc1ccc(C2(c3ccc(OCOCCOC)cc3)c3cc(Br)ccc3-c3ccc(Br)cc32)cc1. The monoisotopic (exact) mass is 682 g/mol. The molecule has 0 N–H and O–H groups in total. The van der Waals surface area contributed by atoms with Gasteiger partial charge in [-0.25, -0.2) is 0 Å². The van der Waals surface area contributed by atoms with Gasteiger partial charge in [0.2, 0.25) is 0 Å². The first-order valence-corrected chi connectivity index (χ1v) is 14.9. The van der Waals surface area contributed by atoms with Crippen LogP contribution in [-0.2, 0) is 24.4 Å². The summed E-state index contributed by atoms with van der Waals surface area (Å²) in [6.45, 7) is 2.34. The van der Waals surface area contributed by atoms with Gasteiger partial charge >= 0.3 is 0 Å². The van der Waals surface area contributed by atoms with Crippen LogP contribution in [0.2, 0.25) is 0 Å². The van der Waals surface area contributed by atoms with Crippen LogP contribution in [0, 0.1) is 0 Å². The van der Waals surface area contributed by atoms with Gasteiger partial charge in [-0.2, -0.15) is 0 Å². The highest BCUT2D eigenvalue weighted by molar-refractivity contribution is 9.10. The average Bonchev–Trinajstić information content (AvgIpc) is 3.27. The molecule has 4 aromatic rings. The molecule has 0 aromatic heterocycles. The van der Waals surface area contributed by atoms with Gasteiger partial charge in [0.25, 0.3) is 0 Å². The molecule has 0 aliphatic heterocycles. The fourth-order valence-corrected chi connectivity index (χ4v) is 6.00. The summed E-state index contributed by atoms with van der Waals surface area (Å²) in [5, 5.41) is 0. The minimum Gasteiger partial charge on any atom is -0.468 e. The van der Waals surface area contributed by atoms with Crippen LogP contribution in [0.15, 0.2) is 93.9 Å². The Kier molecular flexibility index (Phi) is 10.1. The Morgan fingerprint density at radius 1 is 0.537 bits per heavy atom.